The molecule has 0 aliphatic heterocycles. The van der Waals surface area contributed by atoms with Crippen LogP contribution in [0.1, 0.15) is 0 Å². The van der Waals surface area contributed by atoms with Crippen molar-refractivity contribution in [1.29, 1.82) is 0 Å². The fourth-order valence-electron chi connectivity index (χ4n) is 1.76. The molecule has 0 fully saturated rings. The number of nitrogens with zero attached hydrogens (tertiary/aromatic N) is 1. The average Bonchev–Trinajstić information content (AvgIpc) is 2.37. The van der Waals surface area contributed by atoms with Gasteiger partial charge in [0.05, 0.1) is 18.9 Å². The number of hydrogen-bond acceptors (Lipinski definition) is 6. The molecule has 7 nitrogen and oxygen atoms in total. The van der Waals surface area contributed by atoms with Crippen LogP contribution in [-0.4, -0.2) is 48.9 Å². The van der Waals surface area contributed by atoms with Crippen LogP contribution in [0.2, 0.25) is 0 Å². The quantitative estimate of drug-likeness (QED) is 0.655. The third-order valence-corrected chi connectivity index (χ3v) is 3.78. The van der Waals surface area contributed by atoms with Crippen LogP contribution in [0.3, 0.4) is 0 Å². The molecule has 1 aromatic rings. The summed E-state index contributed by atoms with van der Waals surface area (Å²) in [6.45, 7) is 2.38. The number of primary sulfonamides is 1. The Morgan fingerprint density at radius 2 is 1.70 bits per heavy atom. The Labute approximate surface area is 119 Å². The summed E-state index contributed by atoms with van der Waals surface area (Å²) < 4.78 is 32.8. The van der Waals surface area contributed by atoms with Crippen LogP contribution in [0.25, 0.3) is 0 Å². The SMILES string of the molecule is COCCN(CCOC)c1ccc(S(N)(=O)=O)c(N)c1. The van der Waals surface area contributed by atoms with Crippen molar-refractivity contribution in [2.45, 2.75) is 4.90 Å². The highest BCUT2D eigenvalue weighted by molar-refractivity contribution is 7.89. The van der Waals surface area contributed by atoms with Gasteiger partial charge in [-0.05, 0) is 18.2 Å². The number of nitrogen functional groups attached to an aromatic ring is 1. The Morgan fingerprint density at radius 3 is 2.10 bits per heavy atom. The molecular formula is C12H21N3O4S. The molecule has 1 rings (SSSR count). The van der Waals surface area contributed by atoms with E-state index in [1.807, 2.05) is 4.90 Å². The van der Waals surface area contributed by atoms with Crippen molar-refractivity contribution in [3.63, 3.8) is 0 Å². The lowest BCUT2D eigenvalue weighted by Crippen LogP contribution is -2.30. The lowest BCUT2D eigenvalue weighted by atomic mass is 10.2. The monoisotopic (exact) mass is 303 g/mol. The Bertz CT molecular complexity index is 526. The molecule has 0 atom stereocenters. The van der Waals surface area contributed by atoms with E-state index in [0.29, 0.717) is 26.3 Å². The Kier molecular flexibility index (Phi) is 6.21. The molecular weight excluding hydrogens is 282 g/mol. The third kappa shape index (κ3) is 4.64. The molecule has 0 saturated carbocycles. The van der Waals surface area contributed by atoms with Gasteiger partial charge in [-0.3, -0.25) is 0 Å². The number of hydrogen-bond donors (Lipinski definition) is 2. The van der Waals surface area contributed by atoms with E-state index < -0.39 is 10.0 Å². The number of rotatable bonds is 8. The van der Waals surface area contributed by atoms with Gasteiger partial charge in [0, 0.05) is 33.0 Å². The van der Waals surface area contributed by atoms with Gasteiger partial charge in [-0.2, -0.15) is 0 Å². The average molecular weight is 303 g/mol. The van der Waals surface area contributed by atoms with E-state index in [4.69, 9.17) is 20.3 Å². The molecule has 8 heteroatoms. The van der Waals surface area contributed by atoms with Crippen LogP contribution >= 0.6 is 0 Å². The number of sulfonamides is 1. The van der Waals surface area contributed by atoms with Crippen LogP contribution in [-0.2, 0) is 19.5 Å². The molecule has 0 aromatic heterocycles. The molecule has 0 spiro atoms. The molecule has 114 valence electrons. The van der Waals surface area contributed by atoms with Gasteiger partial charge in [0.15, 0.2) is 0 Å². The van der Waals surface area contributed by atoms with Gasteiger partial charge in [-0.1, -0.05) is 0 Å². The molecule has 20 heavy (non-hydrogen) atoms. The summed E-state index contributed by atoms with van der Waals surface area (Å²) in [5.74, 6) is 0. The molecule has 0 radical (unpaired) electrons. The van der Waals surface area contributed by atoms with E-state index in [-0.39, 0.29) is 10.6 Å². The summed E-state index contributed by atoms with van der Waals surface area (Å²) in [6, 6.07) is 4.67. The number of nitrogens with two attached hydrogens (primary N) is 2. The van der Waals surface area contributed by atoms with Gasteiger partial charge < -0.3 is 20.1 Å². The van der Waals surface area contributed by atoms with Crippen molar-refractivity contribution in [2.24, 2.45) is 5.14 Å². The number of ether oxygens (including phenoxy) is 2. The van der Waals surface area contributed by atoms with Crippen LogP contribution in [0, 0.1) is 0 Å². The van der Waals surface area contributed by atoms with Crippen molar-refractivity contribution < 1.29 is 17.9 Å². The van der Waals surface area contributed by atoms with Crippen molar-refractivity contribution in [3.8, 4) is 0 Å². The molecule has 0 aliphatic carbocycles. The first-order valence-electron chi connectivity index (χ1n) is 6.05. The smallest absolute Gasteiger partial charge is 0.240 e. The van der Waals surface area contributed by atoms with E-state index in [2.05, 4.69) is 0 Å². The minimum atomic E-state index is -3.80. The highest BCUT2D eigenvalue weighted by Crippen LogP contribution is 2.24. The lowest BCUT2D eigenvalue weighted by molar-refractivity contribution is 0.190. The van der Waals surface area contributed by atoms with E-state index in [1.54, 1.807) is 26.4 Å². The molecule has 0 saturated heterocycles. The first-order valence-corrected chi connectivity index (χ1v) is 7.60. The molecule has 0 amide bonds. The fraction of sp³-hybridized carbons (Fsp3) is 0.500. The van der Waals surface area contributed by atoms with E-state index >= 15 is 0 Å². The first kappa shape index (κ1) is 16.7. The zero-order valence-electron chi connectivity index (χ0n) is 11.7. The minimum absolute atomic E-state index is 0.0697. The topological polar surface area (TPSA) is 108 Å². The molecule has 0 unspecified atom stereocenters. The lowest BCUT2D eigenvalue weighted by Gasteiger charge is -2.24. The standard InChI is InChI=1S/C12H21N3O4S/c1-18-7-5-15(6-8-19-2)10-3-4-12(11(13)9-10)20(14,16)17/h3-4,9H,5-8,13H2,1-2H3,(H2,14,16,17). The summed E-state index contributed by atoms with van der Waals surface area (Å²) in [5, 5.41) is 5.08. The summed E-state index contributed by atoms with van der Waals surface area (Å²) in [6.07, 6.45) is 0. The van der Waals surface area contributed by atoms with E-state index in [1.165, 1.54) is 6.07 Å². The van der Waals surface area contributed by atoms with Gasteiger partial charge in [0.25, 0.3) is 0 Å². The van der Waals surface area contributed by atoms with Crippen LogP contribution in [0.5, 0.6) is 0 Å². The van der Waals surface area contributed by atoms with Gasteiger partial charge in [-0.15, -0.1) is 0 Å². The van der Waals surface area contributed by atoms with Crippen LogP contribution in [0.15, 0.2) is 23.1 Å². The van der Waals surface area contributed by atoms with Crippen molar-refractivity contribution in [3.05, 3.63) is 18.2 Å². The van der Waals surface area contributed by atoms with Gasteiger partial charge in [-0.25, -0.2) is 13.6 Å². The van der Waals surface area contributed by atoms with Crippen molar-refractivity contribution in [1.82, 2.24) is 0 Å². The summed E-state index contributed by atoms with van der Waals surface area (Å²) in [4.78, 5) is 1.93. The molecule has 4 N–H and O–H groups in total. The number of methoxy groups -OCH3 is 2. The maximum Gasteiger partial charge on any atom is 0.240 e. The zero-order chi connectivity index (χ0) is 15.2. The van der Waals surface area contributed by atoms with Crippen LogP contribution in [0.4, 0.5) is 11.4 Å². The molecule has 1 aromatic carbocycles. The number of anilines is 2. The Balaban J connectivity index is 2.99. The van der Waals surface area contributed by atoms with E-state index in [0.717, 1.165) is 5.69 Å². The second-order valence-electron chi connectivity index (χ2n) is 4.24. The Morgan fingerprint density at radius 1 is 1.15 bits per heavy atom. The second kappa shape index (κ2) is 7.44. The maximum absolute atomic E-state index is 11.3. The largest absolute Gasteiger partial charge is 0.398 e. The number of benzene rings is 1. The molecule has 0 aliphatic rings. The first-order chi connectivity index (χ1) is 9.40. The Hall–Kier alpha value is -1.35. The molecule has 0 bridgehead atoms. The normalized spacial score (nSPS) is 11.6. The highest BCUT2D eigenvalue weighted by Gasteiger charge is 2.14. The van der Waals surface area contributed by atoms with Crippen molar-refractivity contribution in [2.75, 3.05) is 51.2 Å². The maximum atomic E-state index is 11.3. The zero-order valence-corrected chi connectivity index (χ0v) is 12.5. The summed E-state index contributed by atoms with van der Waals surface area (Å²) >= 11 is 0. The van der Waals surface area contributed by atoms with E-state index in [9.17, 15) is 8.42 Å². The highest BCUT2D eigenvalue weighted by atomic mass is 32.2. The third-order valence-electron chi connectivity index (χ3n) is 2.80. The fourth-order valence-corrected chi connectivity index (χ4v) is 2.41. The van der Waals surface area contributed by atoms with Gasteiger partial charge in [0.1, 0.15) is 4.90 Å². The predicted octanol–water partition coefficient (Wildman–Crippen LogP) is 0.0154. The van der Waals surface area contributed by atoms with Crippen LogP contribution < -0.4 is 15.8 Å². The van der Waals surface area contributed by atoms with Gasteiger partial charge in [0.2, 0.25) is 10.0 Å². The molecule has 0 heterocycles. The van der Waals surface area contributed by atoms with Gasteiger partial charge >= 0.3 is 0 Å². The summed E-state index contributed by atoms with van der Waals surface area (Å²) in [7, 11) is -0.567. The van der Waals surface area contributed by atoms with Crippen molar-refractivity contribution >= 4 is 21.4 Å². The minimum Gasteiger partial charge on any atom is -0.398 e. The second-order valence-corrected chi connectivity index (χ2v) is 5.77. The predicted molar refractivity (Wildman–Crippen MR) is 78.2 cm³/mol. The summed E-state index contributed by atoms with van der Waals surface area (Å²) in [5.41, 5.74) is 6.68.